The van der Waals surface area contributed by atoms with Crippen molar-refractivity contribution >= 4 is 34.0 Å². The van der Waals surface area contributed by atoms with Crippen molar-refractivity contribution in [1.82, 2.24) is 10.6 Å². The van der Waals surface area contributed by atoms with Crippen LogP contribution in [0.25, 0.3) is 0 Å². The van der Waals surface area contributed by atoms with Crippen LogP contribution in [0.1, 0.15) is 23.7 Å². The first-order chi connectivity index (χ1) is 11.7. The van der Waals surface area contributed by atoms with Crippen molar-refractivity contribution in [1.29, 1.82) is 0 Å². The molecule has 1 amide bonds. The summed E-state index contributed by atoms with van der Waals surface area (Å²) in [5.74, 6) is 0.530. The Kier molecular flexibility index (Phi) is 7.98. The third kappa shape index (κ3) is 5.65. The Balaban J connectivity index is 0.00000338. The molecule has 0 aliphatic carbocycles. The van der Waals surface area contributed by atoms with E-state index in [-0.39, 0.29) is 41.5 Å². The van der Waals surface area contributed by atoms with E-state index in [0.29, 0.717) is 11.5 Å². The number of rotatable bonds is 6. The van der Waals surface area contributed by atoms with Crippen molar-refractivity contribution in [3.8, 4) is 11.5 Å². The molecular weight excluding hydrogens is 382 g/mol. The van der Waals surface area contributed by atoms with E-state index in [9.17, 15) is 13.2 Å². The fraction of sp³-hybridized carbons (Fsp3) is 0.562. The Morgan fingerprint density at radius 3 is 2.50 bits per heavy atom. The van der Waals surface area contributed by atoms with Crippen LogP contribution in [0.15, 0.2) is 12.1 Å². The molecule has 1 aliphatic rings. The fourth-order valence-electron chi connectivity index (χ4n) is 2.85. The van der Waals surface area contributed by atoms with Gasteiger partial charge >= 0.3 is 0 Å². The molecular formula is C16H26ClN3O5S. The highest BCUT2D eigenvalue weighted by Crippen LogP contribution is 2.37. The molecule has 8 nitrogen and oxygen atoms in total. The number of nitrogens with one attached hydrogen (secondary N) is 3. The summed E-state index contributed by atoms with van der Waals surface area (Å²) in [6, 6.07) is 3.05. The molecule has 0 bridgehead atoms. The summed E-state index contributed by atoms with van der Waals surface area (Å²) in [5.41, 5.74) is 0.461. The number of carbonyl (C=O) groups excluding carboxylic acids is 1. The smallest absolute Gasteiger partial charge is 0.251 e. The molecule has 2 unspecified atom stereocenters. The van der Waals surface area contributed by atoms with E-state index in [1.54, 1.807) is 0 Å². The van der Waals surface area contributed by atoms with E-state index in [0.717, 1.165) is 25.8 Å². The normalized spacial score (nSPS) is 19.8. The Morgan fingerprint density at radius 2 is 1.96 bits per heavy atom. The number of benzene rings is 1. The third-order valence-electron chi connectivity index (χ3n) is 4.14. The number of ether oxygens (including phenoxy) is 2. The zero-order valence-electron chi connectivity index (χ0n) is 15.3. The summed E-state index contributed by atoms with van der Waals surface area (Å²) in [6.45, 7) is 3.77. The van der Waals surface area contributed by atoms with Gasteiger partial charge in [-0.1, -0.05) is 6.92 Å². The first-order valence-electron chi connectivity index (χ1n) is 8.00. The zero-order chi connectivity index (χ0) is 18.6. The lowest BCUT2D eigenvalue weighted by molar-refractivity contribution is 0.0914. The molecule has 2 atom stereocenters. The van der Waals surface area contributed by atoms with Crippen LogP contribution in [0, 0.1) is 5.92 Å². The van der Waals surface area contributed by atoms with Gasteiger partial charge in [-0.05, 0) is 37.6 Å². The zero-order valence-corrected chi connectivity index (χ0v) is 16.9. The van der Waals surface area contributed by atoms with Crippen molar-refractivity contribution in [3.63, 3.8) is 0 Å². The SMILES string of the molecule is COc1cc(C(=O)NC2CCNCC2C)cc(NS(C)(=O)=O)c1OC.Cl. The van der Waals surface area contributed by atoms with E-state index in [1.807, 2.05) is 0 Å². The predicted molar refractivity (Wildman–Crippen MR) is 103 cm³/mol. The molecule has 0 spiro atoms. The second-order valence-corrected chi connectivity index (χ2v) is 7.93. The van der Waals surface area contributed by atoms with Crippen LogP contribution in [-0.4, -0.2) is 53.9 Å². The van der Waals surface area contributed by atoms with Gasteiger partial charge in [0.2, 0.25) is 10.0 Å². The van der Waals surface area contributed by atoms with Crippen molar-refractivity contribution in [2.75, 3.05) is 38.3 Å². The van der Waals surface area contributed by atoms with Crippen LogP contribution >= 0.6 is 12.4 Å². The lowest BCUT2D eigenvalue weighted by Crippen LogP contribution is -2.48. The lowest BCUT2D eigenvalue weighted by atomic mass is 9.95. The Bertz CT molecular complexity index is 742. The van der Waals surface area contributed by atoms with Gasteiger partial charge in [0.25, 0.3) is 5.91 Å². The number of hydrogen-bond donors (Lipinski definition) is 3. The number of anilines is 1. The summed E-state index contributed by atoms with van der Waals surface area (Å²) >= 11 is 0. The lowest BCUT2D eigenvalue weighted by Gasteiger charge is -2.30. The van der Waals surface area contributed by atoms with Crippen LogP contribution in [-0.2, 0) is 10.0 Å². The highest BCUT2D eigenvalue weighted by molar-refractivity contribution is 7.92. The molecule has 0 radical (unpaired) electrons. The van der Waals surface area contributed by atoms with E-state index < -0.39 is 10.0 Å². The summed E-state index contributed by atoms with van der Waals surface area (Å²) in [5, 5.41) is 6.29. The van der Waals surface area contributed by atoms with Gasteiger partial charge in [0.05, 0.1) is 26.2 Å². The van der Waals surface area contributed by atoms with Gasteiger partial charge in [0, 0.05) is 11.6 Å². The summed E-state index contributed by atoms with van der Waals surface area (Å²) in [4.78, 5) is 12.6. The van der Waals surface area contributed by atoms with Gasteiger partial charge in [0.15, 0.2) is 11.5 Å². The number of methoxy groups -OCH3 is 2. The molecule has 26 heavy (non-hydrogen) atoms. The minimum Gasteiger partial charge on any atom is -0.493 e. The molecule has 1 aromatic rings. The molecule has 10 heteroatoms. The van der Waals surface area contributed by atoms with E-state index in [1.165, 1.54) is 26.4 Å². The van der Waals surface area contributed by atoms with Crippen LogP contribution in [0.2, 0.25) is 0 Å². The van der Waals surface area contributed by atoms with E-state index >= 15 is 0 Å². The largest absolute Gasteiger partial charge is 0.493 e. The number of piperidine rings is 1. The maximum absolute atomic E-state index is 12.6. The van der Waals surface area contributed by atoms with Gasteiger partial charge in [0.1, 0.15) is 0 Å². The second-order valence-electron chi connectivity index (χ2n) is 6.18. The number of halogens is 1. The monoisotopic (exact) mass is 407 g/mol. The Labute approximate surface area is 160 Å². The highest BCUT2D eigenvalue weighted by Gasteiger charge is 2.24. The van der Waals surface area contributed by atoms with E-state index in [2.05, 4.69) is 22.3 Å². The molecule has 0 aromatic heterocycles. The fourth-order valence-corrected chi connectivity index (χ4v) is 3.40. The van der Waals surface area contributed by atoms with Crippen LogP contribution < -0.4 is 24.8 Å². The molecule has 1 aliphatic heterocycles. The van der Waals surface area contributed by atoms with Gasteiger partial charge in [-0.15, -0.1) is 12.4 Å². The quantitative estimate of drug-likeness (QED) is 0.654. The highest BCUT2D eigenvalue weighted by atomic mass is 35.5. The maximum atomic E-state index is 12.6. The molecule has 2 rings (SSSR count). The molecule has 1 heterocycles. The van der Waals surface area contributed by atoms with Crippen molar-refractivity contribution in [2.24, 2.45) is 5.92 Å². The minimum atomic E-state index is -3.54. The standard InChI is InChI=1S/C16H25N3O5S.ClH/c1-10-9-17-6-5-12(10)18-16(20)11-7-13(19-25(4,21)22)15(24-3)14(8-11)23-2;/h7-8,10,12,17,19H,5-6,9H2,1-4H3,(H,18,20);1H. The minimum absolute atomic E-state index is 0. The molecule has 0 saturated carbocycles. The average Bonchev–Trinajstić information content (AvgIpc) is 2.54. The van der Waals surface area contributed by atoms with Crippen LogP contribution in [0.4, 0.5) is 5.69 Å². The summed E-state index contributed by atoms with van der Waals surface area (Å²) < 4.78 is 36.0. The van der Waals surface area contributed by atoms with E-state index in [4.69, 9.17) is 9.47 Å². The van der Waals surface area contributed by atoms with Crippen LogP contribution in [0.3, 0.4) is 0 Å². The number of carbonyl (C=O) groups is 1. The molecule has 1 aromatic carbocycles. The van der Waals surface area contributed by atoms with Gasteiger partial charge < -0.3 is 20.1 Å². The van der Waals surface area contributed by atoms with Crippen molar-refractivity contribution in [3.05, 3.63) is 17.7 Å². The maximum Gasteiger partial charge on any atom is 0.251 e. The number of amides is 1. The van der Waals surface area contributed by atoms with Gasteiger partial charge in [-0.2, -0.15) is 0 Å². The Morgan fingerprint density at radius 1 is 1.27 bits per heavy atom. The number of hydrogen-bond acceptors (Lipinski definition) is 6. The van der Waals surface area contributed by atoms with Crippen molar-refractivity contribution < 1.29 is 22.7 Å². The van der Waals surface area contributed by atoms with Gasteiger partial charge in [-0.25, -0.2) is 8.42 Å². The Hall–Kier alpha value is -1.71. The molecule has 1 fully saturated rings. The predicted octanol–water partition coefficient (Wildman–Crippen LogP) is 1.22. The van der Waals surface area contributed by atoms with Crippen molar-refractivity contribution in [2.45, 2.75) is 19.4 Å². The summed E-state index contributed by atoms with van der Waals surface area (Å²) in [6.07, 6.45) is 1.87. The van der Waals surface area contributed by atoms with Crippen LogP contribution in [0.5, 0.6) is 11.5 Å². The summed E-state index contributed by atoms with van der Waals surface area (Å²) in [7, 11) is -0.705. The average molecular weight is 408 g/mol. The third-order valence-corrected chi connectivity index (χ3v) is 4.73. The molecule has 1 saturated heterocycles. The first kappa shape index (κ1) is 22.3. The molecule has 3 N–H and O–H groups in total. The second kappa shape index (κ2) is 9.29. The topological polar surface area (TPSA) is 106 Å². The molecule has 148 valence electrons. The van der Waals surface area contributed by atoms with Gasteiger partial charge in [-0.3, -0.25) is 9.52 Å². The number of sulfonamides is 1. The first-order valence-corrected chi connectivity index (χ1v) is 9.89.